The van der Waals surface area contributed by atoms with Crippen LogP contribution in [0.2, 0.25) is 0 Å². The Kier molecular flexibility index (Phi) is 5.79. The summed E-state index contributed by atoms with van der Waals surface area (Å²) in [5.41, 5.74) is 3.50. The van der Waals surface area contributed by atoms with Gasteiger partial charge in [-0.3, -0.25) is 14.9 Å². The van der Waals surface area contributed by atoms with Crippen molar-refractivity contribution in [3.05, 3.63) is 93.8 Å². The third-order valence-corrected chi connectivity index (χ3v) is 6.72. The molecule has 5 rings (SSSR count). The number of anilines is 3. The van der Waals surface area contributed by atoms with Crippen LogP contribution in [0.3, 0.4) is 0 Å². The van der Waals surface area contributed by atoms with Gasteiger partial charge in [0, 0.05) is 43.1 Å². The summed E-state index contributed by atoms with van der Waals surface area (Å²) in [5, 5.41) is 23.8. The van der Waals surface area contributed by atoms with E-state index in [1.54, 1.807) is 18.2 Å². The number of carbonyl (C=O) groups excluding carboxylic acids is 1. The van der Waals surface area contributed by atoms with Crippen molar-refractivity contribution in [2.24, 2.45) is 5.92 Å². The van der Waals surface area contributed by atoms with Gasteiger partial charge >= 0.3 is 0 Å². The maximum atomic E-state index is 13.5. The number of halogens is 1. The van der Waals surface area contributed by atoms with Gasteiger partial charge in [-0.15, -0.1) is 0 Å². The number of nitro benzene ring substituents is 1. The van der Waals surface area contributed by atoms with Crippen LogP contribution in [-0.4, -0.2) is 36.5 Å². The summed E-state index contributed by atoms with van der Waals surface area (Å²) in [6, 6.07) is 19.8. The number of non-ortho nitro benzene ring substituents is 1. The summed E-state index contributed by atoms with van der Waals surface area (Å²) in [6.45, 7) is 1.74. The van der Waals surface area contributed by atoms with Crippen molar-refractivity contribution >= 4 is 28.7 Å². The quantitative estimate of drug-likeness (QED) is 0.454. The Bertz CT molecular complexity index is 1340. The summed E-state index contributed by atoms with van der Waals surface area (Å²) < 4.78 is 13.3. The molecule has 3 aromatic carbocycles. The summed E-state index contributed by atoms with van der Waals surface area (Å²) in [5.74, 6) is -1.14. The van der Waals surface area contributed by atoms with Crippen LogP contribution >= 0.6 is 0 Å². The number of piperazine rings is 1. The van der Waals surface area contributed by atoms with Crippen molar-refractivity contribution in [1.29, 1.82) is 5.26 Å². The molecular formula is C26H22FN5O3. The second-order valence-corrected chi connectivity index (χ2v) is 8.71. The molecule has 0 radical (unpaired) electrons. The Morgan fingerprint density at radius 3 is 2.60 bits per heavy atom. The molecule has 2 aliphatic heterocycles. The van der Waals surface area contributed by atoms with Gasteiger partial charge in [0.2, 0.25) is 5.91 Å². The van der Waals surface area contributed by atoms with E-state index in [1.165, 1.54) is 30.3 Å². The Morgan fingerprint density at radius 2 is 1.86 bits per heavy atom. The Morgan fingerprint density at radius 1 is 1.09 bits per heavy atom. The van der Waals surface area contributed by atoms with E-state index in [1.807, 2.05) is 18.2 Å². The fourth-order valence-electron chi connectivity index (χ4n) is 5.05. The lowest BCUT2D eigenvalue weighted by Gasteiger charge is -2.49. The summed E-state index contributed by atoms with van der Waals surface area (Å²) in [4.78, 5) is 28.7. The first-order valence-electron chi connectivity index (χ1n) is 11.3. The zero-order chi connectivity index (χ0) is 24.5. The maximum absolute atomic E-state index is 13.5. The number of nitrogens with one attached hydrogen (secondary N) is 1. The van der Waals surface area contributed by atoms with Gasteiger partial charge in [-0.25, -0.2) is 4.39 Å². The average molecular weight is 471 g/mol. The normalized spacial score (nSPS) is 18.7. The van der Waals surface area contributed by atoms with Gasteiger partial charge < -0.3 is 15.1 Å². The van der Waals surface area contributed by atoms with E-state index in [0.29, 0.717) is 37.3 Å². The zero-order valence-electron chi connectivity index (χ0n) is 18.7. The lowest BCUT2D eigenvalue weighted by Crippen LogP contribution is -2.60. The molecule has 0 bridgehead atoms. The molecule has 35 heavy (non-hydrogen) atoms. The number of nitrogens with zero attached hydrogens (tertiary/aromatic N) is 4. The molecule has 0 saturated carbocycles. The molecule has 2 atom stereocenters. The van der Waals surface area contributed by atoms with Crippen LogP contribution < -0.4 is 15.1 Å². The van der Waals surface area contributed by atoms with Crippen molar-refractivity contribution in [2.45, 2.75) is 12.5 Å². The largest absolute Gasteiger partial charge is 0.367 e. The SMILES string of the molecule is N#Cc1ccccc1N1CCN2c3ccc([N+](=O)[O-])cc3C[C@@H](C(=O)Nc3ccc(F)cc3)[C@@H]2C1. The molecule has 9 heteroatoms. The standard InChI is InChI=1S/C26H22FN5O3/c27-19-5-7-20(8-6-19)29-26(33)22-14-18-13-21(32(34)35)9-10-24(18)31-12-11-30(16-25(22)31)23-4-2-1-3-17(23)15-28/h1-10,13,22,25H,11-12,14,16H2,(H,29,33)/t22-,25+/m1/s1. The highest BCUT2D eigenvalue weighted by atomic mass is 19.1. The van der Waals surface area contributed by atoms with Gasteiger partial charge in [-0.05, 0) is 54.4 Å². The molecule has 0 aliphatic carbocycles. The first kappa shape index (κ1) is 22.3. The number of fused-ring (bicyclic) bond motifs is 3. The zero-order valence-corrected chi connectivity index (χ0v) is 18.7. The lowest BCUT2D eigenvalue weighted by atomic mass is 9.83. The Labute approximate surface area is 201 Å². The predicted molar refractivity (Wildman–Crippen MR) is 130 cm³/mol. The molecular weight excluding hydrogens is 449 g/mol. The maximum Gasteiger partial charge on any atom is 0.269 e. The minimum atomic E-state index is -0.508. The molecule has 0 unspecified atom stereocenters. The minimum Gasteiger partial charge on any atom is -0.367 e. The monoisotopic (exact) mass is 471 g/mol. The first-order chi connectivity index (χ1) is 16.9. The third-order valence-electron chi connectivity index (χ3n) is 6.72. The number of para-hydroxylation sites is 1. The first-order valence-corrected chi connectivity index (χ1v) is 11.3. The number of nitro groups is 1. The average Bonchev–Trinajstić information content (AvgIpc) is 2.88. The molecule has 1 N–H and O–H groups in total. The number of rotatable bonds is 4. The highest BCUT2D eigenvalue weighted by Gasteiger charge is 2.42. The molecule has 8 nitrogen and oxygen atoms in total. The van der Waals surface area contributed by atoms with Crippen LogP contribution in [0.25, 0.3) is 0 Å². The van der Waals surface area contributed by atoms with Gasteiger partial charge in [-0.2, -0.15) is 5.26 Å². The number of nitriles is 1. The van der Waals surface area contributed by atoms with Crippen LogP contribution in [0.4, 0.5) is 27.1 Å². The van der Waals surface area contributed by atoms with E-state index < -0.39 is 16.7 Å². The van der Waals surface area contributed by atoms with E-state index in [4.69, 9.17) is 0 Å². The molecule has 1 saturated heterocycles. The minimum absolute atomic E-state index is 0.0125. The van der Waals surface area contributed by atoms with Crippen molar-refractivity contribution < 1.29 is 14.1 Å². The smallest absolute Gasteiger partial charge is 0.269 e. The highest BCUT2D eigenvalue weighted by molar-refractivity contribution is 5.94. The lowest BCUT2D eigenvalue weighted by molar-refractivity contribution is -0.384. The molecule has 1 fully saturated rings. The predicted octanol–water partition coefficient (Wildman–Crippen LogP) is 4.11. The number of benzene rings is 3. The molecule has 0 spiro atoms. The van der Waals surface area contributed by atoms with Crippen LogP contribution in [0.1, 0.15) is 11.1 Å². The molecule has 176 valence electrons. The van der Waals surface area contributed by atoms with Gasteiger partial charge in [0.05, 0.1) is 28.1 Å². The van der Waals surface area contributed by atoms with Crippen molar-refractivity contribution in [2.75, 3.05) is 34.8 Å². The topological polar surface area (TPSA) is 103 Å². The van der Waals surface area contributed by atoms with E-state index in [2.05, 4.69) is 21.2 Å². The number of hydrogen-bond donors (Lipinski definition) is 1. The molecule has 3 aromatic rings. The summed E-state index contributed by atoms with van der Waals surface area (Å²) >= 11 is 0. The van der Waals surface area contributed by atoms with Crippen LogP contribution in [0.5, 0.6) is 0 Å². The van der Waals surface area contributed by atoms with Crippen LogP contribution in [-0.2, 0) is 11.2 Å². The number of carbonyl (C=O) groups is 1. The van der Waals surface area contributed by atoms with Crippen molar-refractivity contribution in [1.82, 2.24) is 0 Å². The van der Waals surface area contributed by atoms with Gasteiger partial charge in [0.1, 0.15) is 11.9 Å². The van der Waals surface area contributed by atoms with Gasteiger partial charge in [-0.1, -0.05) is 12.1 Å². The Balaban J connectivity index is 1.50. The molecule has 2 heterocycles. The number of amides is 1. The third kappa shape index (κ3) is 4.26. The van der Waals surface area contributed by atoms with Crippen LogP contribution in [0.15, 0.2) is 66.7 Å². The summed E-state index contributed by atoms with van der Waals surface area (Å²) in [6.07, 6.45) is 0.332. The van der Waals surface area contributed by atoms with Gasteiger partial charge in [0.25, 0.3) is 5.69 Å². The highest BCUT2D eigenvalue weighted by Crippen LogP contribution is 2.39. The molecule has 2 aliphatic rings. The summed E-state index contributed by atoms with van der Waals surface area (Å²) in [7, 11) is 0. The van der Waals surface area contributed by atoms with Crippen molar-refractivity contribution in [3.63, 3.8) is 0 Å². The molecule has 0 aromatic heterocycles. The van der Waals surface area contributed by atoms with E-state index in [-0.39, 0.29) is 17.6 Å². The second-order valence-electron chi connectivity index (χ2n) is 8.71. The molecule has 1 amide bonds. The van der Waals surface area contributed by atoms with E-state index in [9.17, 15) is 24.6 Å². The van der Waals surface area contributed by atoms with Gasteiger partial charge in [0.15, 0.2) is 0 Å². The van der Waals surface area contributed by atoms with E-state index >= 15 is 0 Å². The number of hydrogen-bond acceptors (Lipinski definition) is 6. The fraction of sp³-hybridized carbons (Fsp3) is 0.231. The van der Waals surface area contributed by atoms with Crippen molar-refractivity contribution in [3.8, 4) is 6.07 Å². The Hall–Kier alpha value is -4.45. The van der Waals surface area contributed by atoms with Crippen LogP contribution in [0, 0.1) is 33.2 Å². The van der Waals surface area contributed by atoms with E-state index in [0.717, 1.165) is 16.9 Å². The fourth-order valence-corrected chi connectivity index (χ4v) is 5.05. The second kappa shape index (κ2) is 9.06.